The van der Waals surface area contributed by atoms with Crippen LogP contribution in [0.4, 0.5) is 8.78 Å². The molecular formula is C15H17F2NO3. The molecule has 0 unspecified atom stereocenters. The van der Waals surface area contributed by atoms with Gasteiger partial charge in [-0.2, -0.15) is 0 Å². The number of aliphatic carboxylic acids is 1. The molecule has 1 aromatic rings. The highest BCUT2D eigenvalue weighted by atomic mass is 19.1. The summed E-state index contributed by atoms with van der Waals surface area (Å²) in [6, 6.07) is 6.18. The molecule has 1 saturated heterocycles. The number of benzene rings is 1. The second-order valence-electron chi connectivity index (χ2n) is 5.46. The molecule has 21 heavy (non-hydrogen) atoms. The van der Waals surface area contributed by atoms with E-state index < -0.39 is 18.2 Å². The van der Waals surface area contributed by atoms with Crippen molar-refractivity contribution in [2.75, 3.05) is 13.1 Å². The van der Waals surface area contributed by atoms with Crippen LogP contribution in [0.2, 0.25) is 0 Å². The molecule has 1 fully saturated rings. The molecule has 1 aromatic carbocycles. The highest BCUT2D eigenvalue weighted by Crippen LogP contribution is 2.28. The molecule has 4 nitrogen and oxygen atoms in total. The predicted molar refractivity (Wildman–Crippen MR) is 72.1 cm³/mol. The average molecular weight is 297 g/mol. The summed E-state index contributed by atoms with van der Waals surface area (Å²) in [5, 5.41) is 8.81. The van der Waals surface area contributed by atoms with Crippen molar-refractivity contribution in [2.45, 2.75) is 31.4 Å². The van der Waals surface area contributed by atoms with E-state index in [0.717, 1.165) is 0 Å². The number of carbonyl (C=O) groups is 2. The highest BCUT2D eigenvalue weighted by molar-refractivity contribution is 5.82. The van der Waals surface area contributed by atoms with Crippen LogP contribution < -0.4 is 0 Å². The third kappa shape index (κ3) is 3.20. The minimum Gasteiger partial charge on any atom is -0.479 e. The van der Waals surface area contributed by atoms with Crippen LogP contribution >= 0.6 is 0 Å². The van der Waals surface area contributed by atoms with Crippen LogP contribution in [-0.2, 0) is 9.59 Å². The Hall–Kier alpha value is -1.98. The molecule has 0 bridgehead atoms. The lowest BCUT2D eigenvalue weighted by Gasteiger charge is -2.20. The fourth-order valence-electron chi connectivity index (χ4n) is 2.54. The second-order valence-corrected chi connectivity index (χ2v) is 5.46. The number of hydrogen-bond acceptors (Lipinski definition) is 2. The van der Waals surface area contributed by atoms with E-state index in [1.807, 2.05) is 0 Å². The minimum atomic E-state index is -2.36. The molecule has 0 saturated carbocycles. The second kappa shape index (κ2) is 5.79. The van der Waals surface area contributed by atoms with Crippen LogP contribution in [0, 0.1) is 5.82 Å². The standard InChI is InChI=1S/C15H17F2NO3/c1-10(11-4-2-3-5-12(11)16)8-13(19)18-7-6-15(17,9-18)14(20)21/h2-5,10H,6-9H2,1H3,(H,20,21)/t10-,15+/m0/s1. The van der Waals surface area contributed by atoms with E-state index >= 15 is 0 Å². The third-order valence-electron chi connectivity index (χ3n) is 3.87. The normalized spacial score (nSPS) is 23.1. The number of rotatable bonds is 4. The number of amides is 1. The van der Waals surface area contributed by atoms with Crippen molar-refractivity contribution in [1.29, 1.82) is 0 Å². The number of hydrogen-bond donors (Lipinski definition) is 1. The molecule has 114 valence electrons. The van der Waals surface area contributed by atoms with Gasteiger partial charge in [0.15, 0.2) is 0 Å². The molecular weight excluding hydrogens is 280 g/mol. The van der Waals surface area contributed by atoms with Crippen LogP contribution in [0.25, 0.3) is 0 Å². The van der Waals surface area contributed by atoms with Gasteiger partial charge in [-0.25, -0.2) is 13.6 Å². The van der Waals surface area contributed by atoms with E-state index in [9.17, 15) is 18.4 Å². The first-order valence-electron chi connectivity index (χ1n) is 6.78. The van der Waals surface area contributed by atoms with E-state index in [4.69, 9.17) is 5.11 Å². The van der Waals surface area contributed by atoms with Crippen LogP contribution in [0.15, 0.2) is 24.3 Å². The molecule has 2 atom stereocenters. The number of likely N-dealkylation sites (tertiary alicyclic amines) is 1. The first-order chi connectivity index (χ1) is 9.83. The van der Waals surface area contributed by atoms with Gasteiger partial charge in [0.1, 0.15) is 5.82 Å². The lowest BCUT2D eigenvalue weighted by atomic mass is 9.96. The van der Waals surface area contributed by atoms with Gasteiger partial charge in [0.2, 0.25) is 11.6 Å². The third-order valence-corrected chi connectivity index (χ3v) is 3.87. The van der Waals surface area contributed by atoms with E-state index in [0.29, 0.717) is 5.56 Å². The molecule has 1 heterocycles. The van der Waals surface area contributed by atoms with Gasteiger partial charge in [0, 0.05) is 19.4 Å². The van der Waals surface area contributed by atoms with Gasteiger partial charge in [0.25, 0.3) is 0 Å². The van der Waals surface area contributed by atoms with Crippen LogP contribution in [-0.4, -0.2) is 40.6 Å². The number of alkyl halides is 1. The predicted octanol–water partition coefficient (Wildman–Crippen LogP) is 2.34. The Labute approximate surface area is 121 Å². The van der Waals surface area contributed by atoms with Crippen LogP contribution in [0.1, 0.15) is 31.2 Å². The van der Waals surface area contributed by atoms with Gasteiger partial charge in [-0.3, -0.25) is 4.79 Å². The molecule has 1 aliphatic heterocycles. The number of halogens is 2. The van der Waals surface area contributed by atoms with Gasteiger partial charge in [-0.05, 0) is 17.5 Å². The lowest BCUT2D eigenvalue weighted by Crippen LogP contribution is -2.39. The van der Waals surface area contributed by atoms with Crippen LogP contribution in [0.3, 0.4) is 0 Å². The number of nitrogens with zero attached hydrogens (tertiary/aromatic N) is 1. The fraction of sp³-hybridized carbons (Fsp3) is 0.467. The molecule has 2 rings (SSSR count). The van der Waals surface area contributed by atoms with Gasteiger partial charge in [-0.1, -0.05) is 25.1 Å². The number of carboxylic acid groups (broad SMARTS) is 1. The summed E-state index contributed by atoms with van der Waals surface area (Å²) in [5.74, 6) is -2.63. The highest BCUT2D eigenvalue weighted by Gasteiger charge is 2.46. The van der Waals surface area contributed by atoms with Crippen molar-refractivity contribution in [1.82, 2.24) is 4.90 Å². The van der Waals surface area contributed by atoms with Crippen molar-refractivity contribution >= 4 is 11.9 Å². The van der Waals surface area contributed by atoms with Crippen LogP contribution in [0.5, 0.6) is 0 Å². The first kappa shape index (κ1) is 15.4. The summed E-state index contributed by atoms with van der Waals surface area (Å²) in [5.41, 5.74) is -1.94. The molecule has 0 aliphatic carbocycles. The van der Waals surface area contributed by atoms with Crippen molar-refractivity contribution in [3.63, 3.8) is 0 Å². The Morgan fingerprint density at radius 3 is 2.67 bits per heavy atom. The summed E-state index contributed by atoms with van der Waals surface area (Å²) in [4.78, 5) is 24.1. The van der Waals surface area contributed by atoms with E-state index in [1.165, 1.54) is 11.0 Å². The number of carboxylic acids is 1. The monoisotopic (exact) mass is 297 g/mol. The summed E-state index contributed by atoms with van der Waals surface area (Å²) >= 11 is 0. The Bertz CT molecular complexity index is 564. The SMILES string of the molecule is C[C@@H](CC(=O)N1CC[C@](F)(C(=O)O)C1)c1ccccc1F. The zero-order valence-electron chi connectivity index (χ0n) is 11.7. The minimum absolute atomic E-state index is 0.0244. The average Bonchev–Trinajstić information content (AvgIpc) is 2.83. The van der Waals surface area contributed by atoms with Gasteiger partial charge in [-0.15, -0.1) is 0 Å². The van der Waals surface area contributed by atoms with Crippen molar-refractivity contribution < 1.29 is 23.5 Å². The zero-order chi connectivity index (χ0) is 15.6. The Balaban J connectivity index is 2.00. The molecule has 1 amide bonds. The Morgan fingerprint density at radius 2 is 2.10 bits per heavy atom. The maximum Gasteiger partial charge on any atom is 0.343 e. The molecule has 0 aromatic heterocycles. The van der Waals surface area contributed by atoms with Crippen molar-refractivity contribution in [3.8, 4) is 0 Å². The number of carbonyl (C=O) groups excluding carboxylic acids is 1. The van der Waals surface area contributed by atoms with E-state index in [1.54, 1.807) is 25.1 Å². The zero-order valence-corrected chi connectivity index (χ0v) is 11.7. The van der Waals surface area contributed by atoms with Crippen molar-refractivity contribution in [3.05, 3.63) is 35.6 Å². The molecule has 0 spiro atoms. The topological polar surface area (TPSA) is 57.6 Å². The Morgan fingerprint density at radius 1 is 1.43 bits per heavy atom. The molecule has 6 heteroatoms. The summed E-state index contributed by atoms with van der Waals surface area (Å²) in [6.45, 7) is 1.35. The maximum absolute atomic E-state index is 13.9. The molecule has 1 aliphatic rings. The van der Waals surface area contributed by atoms with E-state index in [-0.39, 0.29) is 37.0 Å². The van der Waals surface area contributed by atoms with Crippen molar-refractivity contribution in [2.24, 2.45) is 0 Å². The lowest BCUT2D eigenvalue weighted by molar-refractivity contribution is -0.150. The summed E-state index contributed by atoms with van der Waals surface area (Å²) < 4.78 is 27.6. The smallest absolute Gasteiger partial charge is 0.343 e. The fourth-order valence-corrected chi connectivity index (χ4v) is 2.54. The summed E-state index contributed by atoms with van der Waals surface area (Å²) in [6.07, 6.45) is -0.182. The quantitative estimate of drug-likeness (QED) is 0.928. The van der Waals surface area contributed by atoms with Gasteiger partial charge < -0.3 is 10.0 Å². The van der Waals surface area contributed by atoms with Gasteiger partial charge >= 0.3 is 5.97 Å². The maximum atomic E-state index is 13.9. The van der Waals surface area contributed by atoms with E-state index in [2.05, 4.69) is 0 Å². The molecule has 0 radical (unpaired) electrons. The first-order valence-corrected chi connectivity index (χ1v) is 6.78. The molecule has 1 N–H and O–H groups in total. The largest absolute Gasteiger partial charge is 0.479 e. The van der Waals surface area contributed by atoms with Gasteiger partial charge in [0.05, 0.1) is 6.54 Å². The Kier molecular flexibility index (Phi) is 4.25. The summed E-state index contributed by atoms with van der Waals surface area (Å²) in [7, 11) is 0.